The molecule has 2 rings (SSSR count). The van der Waals surface area contributed by atoms with Crippen LogP contribution >= 0.6 is 0 Å². The van der Waals surface area contributed by atoms with Crippen LogP contribution in [-0.4, -0.2) is 26.0 Å². The van der Waals surface area contributed by atoms with Gasteiger partial charge in [-0.1, -0.05) is 12.1 Å². The van der Waals surface area contributed by atoms with Crippen molar-refractivity contribution in [1.82, 2.24) is 5.32 Å². The Morgan fingerprint density at radius 2 is 2.22 bits per heavy atom. The molecule has 1 amide bonds. The van der Waals surface area contributed by atoms with E-state index in [0.29, 0.717) is 6.42 Å². The van der Waals surface area contributed by atoms with Crippen molar-refractivity contribution in [2.45, 2.75) is 25.8 Å². The number of carbonyl (C=O) groups is 1. The van der Waals surface area contributed by atoms with E-state index in [1.165, 1.54) is 11.1 Å². The first-order chi connectivity index (χ1) is 8.72. The van der Waals surface area contributed by atoms with Crippen molar-refractivity contribution < 1.29 is 4.79 Å². The fourth-order valence-corrected chi connectivity index (χ4v) is 2.28. The second-order valence-electron chi connectivity index (χ2n) is 4.73. The van der Waals surface area contributed by atoms with Crippen LogP contribution in [0.3, 0.4) is 0 Å². The van der Waals surface area contributed by atoms with Crippen molar-refractivity contribution in [3.63, 3.8) is 0 Å². The highest BCUT2D eigenvalue weighted by Gasteiger charge is 2.20. The quantitative estimate of drug-likeness (QED) is 0.764. The molecule has 1 heterocycles. The minimum absolute atomic E-state index is 0.205. The zero-order valence-electron chi connectivity index (χ0n) is 10.9. The predicted octanol–water partition coefficient (Wildman–Crippen LogP) is 1.03. The molecule has 1 aromatic carbocycles. The van der Waals surface area contributed by atoms with E-state index in [2.05, 4.69) is 17.4 Å². The largest absolute Gasteiger partial charge is 0.330 e. The van der Waals surface area contributed by atoms with E-state index in [4.69, 9.17) is 5.73 Å². The summed E-state index contributed by atoms with van der Waals surface area (Å²) in [6, 6.07) is 6.34. The van der Waals surface area contributed by atoms with Crippen molar-refractivity contribution >= 4 is 11.6 Å². The molecule has 0 unspecified atom stereocenters. The van der Waals surface area contributed by atoms with Crippen LogP contribution in [0.15, 0.2) is 18.2 Å². The molecule has 0 saturated carbocycles. The van der Waals surface area contributed by atoms with Crippen LogP contribution in [0, 0.1) is 0 Å². The summed E-state index contributed by atoms with van der Waals surface area (Å²) >= 11 is 0. The maximum atomic E-state index is 11.6. The van der Waals surface area contributed by atoms with Crippen LogP contribution in [0.1, 0.15) is 24.0 Å². The number of hydrogen-bond acceptors (Lipinski definition) is 3. The van der Waals surface area contributed by atoms with Gasteiger partial charge < -0.3 is 16.0 Å². The summed E-state index contributed by atoms with van der Waals surface area (Å²) in [5, 5.41) is 3.37. The summed E-state index contributed by atoms with van der Waals surface area (Å²) in [5.41, 5.74) is 9.05. The van der Waals surface area contributed by atoms with Crippen molar-refractivity contribution in [2.75, 3.05) is 25.0 Å². The molecule has 0 spiro atoms. The Kier molecular flexibility index (Phi) is 4.33. The van der Waals surface area contributed by atoms with Crippen molar-refractivity contribution in [3.8, 4) is 0 Å². The first-order valence-electron chi connectivity index (χ1n) is 6.51. The molecule has 4 heteroatoms. The van der Waals surface area contributed by atoms with Gasteiger partial charge in [-0.05, 0) is 43.1 Å². The van der Waals surface area contributed by atoms with Gasteiger partial charge in [0.05, 0.1) is 0 Å². The average molecular weight is 247 g/mol. The Morgan fingerprint density at radius 3 is 3.00 bits per heavy atom. The lowest BCUT2D eigenvalue weighted by Gasteiger charge is -2.26. The van der Waals surface area contributed by atoms with Crippen molar-refractivity contribution in [1.29, 1.82) is 0 Å². The number of benzene rings is 1. The topological polar surface area (TPSA) is 58.4 Å². The average Bonchev–Trinajstić information content (AvgIpc) is 2.39. The lowest BCUT2D eigenvalue weighted by atomic mass is 9.99. The van der Waals surface area contributed by atoms with Crippen LogP contribution in [-0.2, 0) is 17.8 Å². The lowest BCUT2D eigenvalue weighted by molar-refractivity contribution is -0.118. The van der Waals surface area contributed by atoms with E-state index in [1.54, 1.807) is 4.90 Å². The lowest BCUT2D eigenvalue weighted by Crippen LogP contribution is -2.31. The second kappa shape index (κ2) is 5.98. The molecule has 1 aliphatic heterocycles. The standard InChI is InChI=1S/C14H21N3O/c1-17-13-5-3-11(10-16-8-2-7-15)9-12(13)4-6-14(17)18/h3,5,9,16H,2,4,6-8,10,15H2,1H3. The number of nitrogens with zero attached hydrogens (tertiary/aromatic N) is 1. The highest BCUT2D eigenvalue weighted by molar-refractivity contribution is 5.95. The molecule has 0 radical (unpaired) electrons. The van der Waals surface area contributed by atoms with Crippen LogP contribution in [0.5, 0.6) is 0 Å². The highest BCUT2D eigenvalue weighted by atomic mass is 16.2. The van der Waals surface area contributed by atoms with Crippen LogP contribution < -0.4 is 16.0 Å². The fourth-order valence-electron chi connectivity index (χ4n) is 2.28. The molecule has 0 aromatic heterocycles. The molecule has 0 saturated heterocycles. The van der Waals surface area contributed by atoms with Gasteiger partial charge in [0.25, 0.3) is 0 Å². The second-order valence-corrected chi connectivity index (χ2v) is 4.73. The van der Waals surface area contributed by atoms with E-state index in [1.807, 2.05) is 13.1 Å². The molecule has 0 aliphatic carbocycles. The number of anilines is 1. The number of nitrogens with two attached hydrogens (primary N) is 1. The molecule has 4 nitrogen and oxygen atoms in total. The third kappa shape index (κ3) is 2.89. The van der Waals surface area contributed by atoms with E-state index < -0.39 is 0 Å². The summed E-state index contributed by atoms with van der Waals surface area (Å²) in [4.78, 5) is 13.3. The van der Waals surface area contributed by atoms with Gasteiger partial charge in [-0.25, -0.2) is 0 Å². The van der Waals surface area contributed by atoms with Crippen LogP contribution in [0.4, 0.5) is 5.69 Å². The Balaban J connectivity index is 2.01. The minimum Gasteiger partial charge on any atom is -0.330 e. The number of rotatable bonds is 5. The van der Waals surface area contributed by atoms with Gasteiger partial charge in [0, 0.05) is 25.7 Å². The van der Waals surface area contributed by atoms with Gasteiger partial charge in [-0.3, -0.25) is 4.79 Å². The zero-order chi connectivity index (χ0) is 13.0. The molecular weight excluding hydrogens is 226 g/mol. The first kappa shape index (κ1) is 13.1. The maximum Gasteiger partial charge on any atom is 0.227 e. The van der Waals surface area contributed by atoms with E-state index >= 15 is 0 Å². The van der Waals surface area contributed by atoms with Crippen molar-refractivity contribution in [3.05, 3.63) is 29.3 Å². The summed E-state index contributed by atoms with van der Waals surface area (Å²) < 4.78 is 0. The Morgan fingerprint density at radius 1 is 1.39 bits per heavy atom. The van der Waals surface area contributed by atoms with Crippen molar-refractivity contribution in [2.24, 2.45) is 5.73 Å². The number of amides is 1. The summed E-state index contributed by atoms with van der Waals surface area (Å²) in [6.45, 7) is 2.54. The van der Waals surface area contributed by atoms with Gasteiger partial charge in [-0.15, -0.1) is 0 Å². The highest BCUT2D eigenvalue weighted by Crippen LogP contribution is 2.27. The molecule has 0 fully saturated rings. The van der Waals surface area contributed by atoms with Crippen LogP contribution in [0.2, 0.25) is 0 Å². The Labute approximate surface area is 108 Å². The molecule has 1 aliphatic rings. The molecular formula is C14H21N3O. The SMILES string of the molecule is CN1C(=O)CCc2cc(CNCCCN)ccc21. The predicted molar refractivity (Wildman–Crippen MR) is 73.6 cm³/mol. The first-order valence-corrected chi connectivity index (χ1v) is 6.51. The number of aryl methyl sites for hydroxylation is 1. The zero-order valence-corrected chi connectivity index (χ0v) is 10.9. The third-order valence-electron chi connectivity index (χ3n) is 3.37. The molecule has 98 valence electrons. The number of nitrogens with one attached hydrogen (secondary N) is 1. The fraction of sp³-hybridized carbons (Fsp3) is 0.500. The molecule has 0 atom stereocenters. The minimum atomic E-state index is 0.205. The number of carbonyl (C=O) groups excluding carboxylic acids is 1. The van der Waals surface area contributed by atoms with Crippen LogP contribution in [0.25, 0.3) is 0 Å². The van der Waals surface area contributed by atoms with Gasteiger partial charge in [0.2, 0.25) is 5.91 Å². The van der Waals surface area contributed by atoms with E-state index in [9.17, 15) is 4.79 Å². The molecule has 1 aromatic rings. The normalized spacial score (nSPS) is 14.8. The third-order valence-corrected chi connectivity index (χ3v) is 3.37. The Hall–Kier alpha value is -1.39. The monoisotopic (exact) mass is 247 g/mol. The molecule has 3 N–H and O–H groups in total. The van der Waals surface area contributed by atoms with Gasteiger partial charge >= 0.3 is 0 Å². The Bertz CT molecular complexity index is 431. The summed E-state index contributed by atoms with van der Waals surface area (Å²) in [5.74, 6) is 0.205. The number of fused-ring (bicyclic) bond motifs is 1. The maximum absolute atomic E-state index is 11.6. The van der Waals surface area contributed by atoms with E-state index in [0.717, 1.165) is 38.2 Å². The van der Waals surface area contributed by atoms with E-state index in [-0.39, 0.29) is 5.91 Å². The van der Waals surface area contributed by atoms with Gasteiger partial charge in [0.15, 0.2) is 0 Å². The summed E-state index contributed by atoms with van der Waals surface area (Å²) in [6.07, 6.45) is 2.48. The molecule has 18 heavy (non-hydrogen) atoms. The van der Waals surface area contributed by atoms with Gasteiger partial charge in [-0.2, -0.15) is 0 Å². The molecule has 0 bridgehead atoms. The smallest absolute Gasteiger partial charge is 0.227 e. The van der Waals surface area contributed by atoms with Gasteiger partial charge in [0.1, 0.15) is 0 Å². The summed E-state index contributed by atoms with van der Waals surface area (Å²) in [7, 11) is 1.85. The number of hydrogen-bond donors (Lipinski definition) is 2.